The van der Waals surface area contributed by atoms with Gasteiger partial charge in [0.05, 0.1) is 6.04 Å². The number of rotatable bonds is 1. The van der Waals surface area contributed by atoms with Crippen molar-refractivity contribution in [2.75, 3.05) is 13.1 Å². The van der Waals surface area contributed by atoms with E-state index >= 15 is 0 Å². The van der Waals surface area contributed by atoms with E-state index in [0.29, 0.717) is 6.04 Å². The second kappa shape index (κ2) is 4.75. The minimum Gasteiger partial charge on any atom is -0.293 e. The van der Waals surface area contributed by atoms with Gasteiger partial charge in [0.25, 0.3) is 0 Å². The van der Waals surface area contributed by atoms with Gasteiger partial charge in [-0.15, -0.1) is 0 Å². The molecule has 1 unspecified atom stereocenters. The maximum Gasteiger partial charge on any atom is 0.0573 e. The fourth-order valence-corrected chi connectivity index (χ4v) is 3.94. The third-order valence-corrected chi connectivity index (χ3v) is 4.85. The molecule has 1 nitrogen and oxygen atoms in total. The molecule has 1 saturated heterocycles. The molecule has 20 heavy (non-hydrogen) atoms. The molecular weight excluding hydrogens is 242 g/mol. The van der Waals surface area contributed by atoms with Crippen LogP contribution in [0.5, 0.6) is 0 Å². The van der Waals surface area contributed by atoms with Crippen molar-refractivity contribution in [3.05, 3.63) is 53.1 Å². The lowest BCUT2D eigenvalue weighted by Crippen LogP contribution is -2.33. The van der Waals surface area contributed by atoms with Gasteiger partial charge in [-0.05, 0) is 54.8 Å². The van der Waals surface area contributed by atoms with E-state index < -0.39 is 0 Å². The molecule has 2 aromatic carbocycles. The summed E-state index contributed by atoms with van der Waals surface area (Å²) in [6.07, 6.45) is 6.49. The highest BCUT2D eigenvalue weighted by Crippen LogP contribution is 2.43. The van der Waals surface area contributed by atoms with Gasteiger partial charge < -0.3 is 0 Å². The summed E-state index contributed by atoms with van der Waals surface area (Å²) in [6, 6.07) is 13.9. The summed E-state index contributed by atoms with van der Waals surface area (Å²) < 4.78 is 0. The Hall–Kier alpha value is -1.60. The Morgan fingerprint density at radius 2 is 1.75 bits per heavy atom. The Morgan fingerprint density at radius 1 is 0.950 bits per heavy atom. The quantitative estimate of drug-likeness (QED) is 0.715. The highest BCUT2D eigenvalue weighted by molar-refractivity contribution is 5.91. The maximum atomic E-state index is 2.69. The third kappa shape index (κ3) is 1.81. The second-order valence-electron chi connectivity index (χ2n) is 6.18. The number of hydrogen-bond donors (Lipinski definition) is 0. The van der Waals surface area contributed by atoms with Crippen LogP contribution in [0.4, 0.5) is 0 Å². The molecule has 0 radical (unpaired) electrons. The van der Waals surface area contributed by atoms with Gasteiger partial charge in [0.2, 0.25) is 0 Å². The molecule has 0 bridgehead atoms. The van der Waals surface area contributed by atoms with Crippen LogP contribution in [0.25, 0.3) is 16.8 Å². The average molecular weight is 263 g/mol. The summed E-state index contributed by atoms with van der Waals surface area (Å²) >= 11 is 0. The molecule has 2 aromatic rings. The number of fused-ring (bicyclic) bond motifs is 3. The Labute approximate surface area is 120 Å². The highest BCUT2D eigenvalue weighted by Gasteiger charge is 2.30. The predicted molar refractivity (Wildman–Crippen MR) is 85.8 cm³/mol. The number of nitrogens with zero attached hydrogens (tertiary/aromatic N) is 1. The average Bonchev–Trinajstić information content (AvgIpc) is 2.84. The summed E-state index contributed by atoms with van der Waals surface area (Å²) in [4.78, 5) is 2.69. The minimum absolute atomic E-state index is 0.511. The largest absolute Gasteiger partial charge is 0.293 e. The molecule has 102 valence electrons. The number of likely N-dealkylation sites (tertiary alicyclic amines) is 1. The monoisotopic (exact) mass is 263 g/mol. The molecule has 0 amide bonds. The Morgan fingerprint density at radius 3 is 2.60 bits per heavy atom. The molecular formula is C19H21N. The zero-order chi connectivity index (χ0) is 13.5. The first kappa shape index (κ1) is 12.2. The van der Waals surface area contributed by atoms with Crippen molar-refractivity contribution < 1.29 is 0 Å². The zero-order valence-electron chi connectivity index (χ0n) is 12.1. The van der Waals surface area contributed by atoms with E-state index in [4.69, 9.17) is 0 Å². The fourth-order valence-electron chi connectivity index (χ4n) is 3.94. The normalized spacial score (nSPS) is 22.9. The highest BCUT2D eigenvalue weighted by atomic mass is 15.2. The van der Waals surface area contributed by atoms with Gasteiger partial charge in [-0.25, -0.2) is 0 Å². The molecule has 1 atom stereocenters. The van der Waals surface area contributed by atoms with E-state index in [1.54, 1.807) is 5.56 Å². The van der Waals surface area contributed by atoms with Gasteiger partial charge in [-0.2, -0.15) is 0 Å². The summed E-state index contributed by atoms with van der Waals surface area (Å²) in [6.45, 7) is 4.80. The van der Waals surface area contributed by atoms with Crippen LogP contribution < -0.4 is 0 Å². The van der Waals surface area contributed by atoms with Crippen molar-refractivity contribution in [2.45, 2.75) is 32.2 Å². The Balaban J connectivity index is 1.87. The van der Waals surface area contributed by atoms with Crippen molar-refractivity contribution in [3.63, 3.8) is 0 Å². The van der Waals surface area contributed by atoms with Crippen molar-refractivity contribution in [2.24, 2.45) is 0 Å². The first-order valence-electron chi connectivity index (χ1n) is 7.78. The van der Waals surface area contributed by atoms with Crippen molar-refractivity contribution in [3.8, 4) is 0 Å². The molecule has 0 N–H and O–H groups in total. The maximum absolute atomic E-state index is 2.69. The van der Waals surface area contributed by atoms with Gasteiger partial charge in [0.1, 0.15) is 0 Å². The molecule has 1 heterocycles. The third-order valence-electron chi connectivity index (χ3n) is 4.85. The van der Waals surface area contributed by atoms with Crippen LogP contribution in [0.1, 0.15) is 43.4 Å². The van der Waals surface area contributed by atoms with Crippen LogP contribution in [0.15, 0.2) is 42.0 Å². The van der Waals surface area contributed by atoms with Gasteiger partial charge in [0.15, 0.2) is 0 Å². The van der Waals surface area contributed by atoms with Crippen molar-refractivity contribution in [1.29, 1.82) is 0 Å². The molecule has 0 aromatic heterocycles. The molecule has 1 aliphatic carbocycles. The molecule has 1 aliphatic heterocycles. The molecule has 2 aliphatic rings. The standard InChI is InChI=1S/C19H21N/c1-14-13-16-10-9-15-7-3-4-8-17(15)18(16)19(14)20-11-5-2-6-12-20/h3-4,7-10,13,19H,2,5-6,11-12H2,1H3. The van der Waals surface area contributed by atoms with Crippen LogP contribution in [0, 0.1) is 0 Å². The lowest BCUT2D eigenvalue weighted by Gasteiger charge is -2.34. The van der Waals surface area contributed by atoms with Crippen molar-refractivity contribution in [1.82, 2.24) is 4.90 Å². The Kier molecular flexibility index (Phi) is 2.89. The van der Waals surface area contributed by atoms with Gasteiger partial charge in [-0.1, -0.05) is 54.5 Å². The lowest BCUT2D eigenvalue weighted by atomic mass is 9.94. The number of hydrogen-bond acceptors (Lipinski definition) is 1. The van der Waals surface area contributed by atoms with Crippen molar-refractivity contribution >= 4 is 16.8 Å². The fraction of sp³-hybridized carbons (Fsp3) is 0.368. The minimum atomic E-state index is 0.511. The first-order chi connectivity index (χ1) is 9.84. The molecule has 1 fully saturated rings. The second-order valence-corrected chi connectivity index (χ2v) is 6.18. The van der Waals surface area contributed by atoms with E-state index in [1.807, 2.05) is 0 Å². The van der Waals surface area contributed by atoms with Crippen LogP contribution in [0.3, 0.4) is 0 Å². The molecule has 1 heteroatoms. The number of piperidine rings is 1. The molecule has 0 spiro atoms. The summed E-state index contributed by atoms with van der Waals surface area (Å²) in [5, 5.41) is 2.81. The lowest BCUT2D eigenvalue weighted by molar-refractivity contribution is 0.188. The summed E-state index contributed by atoms with van der Waals surface area (Å²) in [7, 11) is 0. The topological polar surface area (TPSA) is 3.24 Å². The van der Waals surface area contributed by atoms with Crippen LogP contribution in [0.2, 0.25) is 0 Å². The first-order valence-corrected chi connectivity index (χ1v) is 7.78. The summed E-state index contributed by atoms with van der Waals surface area (Å²) in [5.74, 6) is 0. The molecule has 0 saturated carbocycles. The SMILES string of the molecule is CC1=Cc2ccc3ccccc3c2C1N1CCCCC1. The van der Waals surface area contributed by atoms with Gasteiger partial charge in [-0.3, -0.25) is 4.90 Å². The predicted octanol–water partition coefficient (Wildman–Crippen LogP) is 4.78. The van der Waals surface area contributed by atoms with Gasteiger partial charge in [0, 0.05) is 0 Å². The van der Waals surface area contributed by atoms with E-state index in [2.05, 4.69) is 54.3 Å². The zero-order valence-corrected chi connectivity index (χ0v) is 12.1. The number of benzene rings is 2. The Bertz CT molecular complexity index is 677. The smallest absolute Gasteiger partial charge is 0.0573 e. The van der Waals surface area contributed by atoms with E-state index in [-0.39, 0.29) is 0 Å². The summed E-state index contributed by atoms with van der Waals surface area (Å²) in [5.41, 5.74) is 4.48. The van der Waals surface area contributed by atoms with E-state index in [1.165, 1.54) is 54.3 Å². The van der Waals surface area contributed by atoms with E-state index in [0.717, 1.165) is 0 Å². The van der Waals surface area contributed by atoms with E-state index in [9.17, 15) is 0 Å². The van der Waals surface area contributed by atoms with Crippen LogP contribution >= 0.6 is 0 Å². The van der Waals surface area contributed by atoms with Crippen LogP contribution in [-0.2, 0) is 0 Å². The molecule has 4 rings (SSSR count). The van der Waals surface area contributed by atoms with Crippen LogP contribution in [-0.4, -0.2) is 18.0 Å². The van der Waals surface area contributed by atoms with Gasteiger partial charge >= 0.3 is 0 Å².